The van der Waals surface area contributed by atoms with Gasteiger partial charge in [0.15, 0.2) is 0 Å². The molecule has 7 aromatic rings. The monoisotopic (exact) mass is 616 g/mol. The van der Waals surface area contributed by atoms with Gasteiger partial charge in [0.2, 0.25) is 0 Å². The van der Waals surface area contributed by atoms with Gasteiger partial charge in [0, 0.05) is 0 Å². The lowest BCUT2D eigenvalue weighted by Crippen LogP contribution is -2.26. The molecular formula is C46H36N2. The van der Waals surface area contributed by atoms with Crippen molar-refractivity contribution in [2.45, 2.75) is 12.3 Å². The normalized spacial score (nSPS) is 13.5. The van der Waals surface area contributed by atoms with Crippen molar-refractivity contribution in [2.75, 3.05) is 0 Å². The summed E-state index contributed by atoms with van der Waals surface area (Å²) < 4.78 is 0. The Labute approximate surface area is 282 Å². The highest BCUT2D eigenvalue weighted by Crippen LogP contribution is 2.65. The van der Waals surface area contributed by atoms with Crippen molar-refractivity contribution in [3.05, 3.63) is 204 Å². The van der Waals surface area contributed by atoms with Crippen LogP contribution in [0.15, 0.2) is 176 Å². The second kappa shape index (κ2) is 11.3. The lowest BCUT2D eigenvalue weighted by atomic mass is 9.69. The molecular weight excluding hydrogens is 581 g/mol. The van der Waals surface area contributed by atoms with E-state index < -0.39 is 0 Å². The highest BCUT2D eigenvalue weighted by molar-refractivity contribution is 6.11. The van der Waals surface area contributed by atoms with Gasteiger partial charge < -0.3 is 11.5 Å². The molecule has 9 rings (SSSR count). The van der Waals surface area contributed by atoms with Gasteiger partial charge in [-0.25, -0.2) is 0 Å². The first-order valence-electron chi connectivity index (χ1n) is 16.3. The number of rotatable bonds is 3. The van der Waals surface area contributed by atoms with Crippen LogP contribution in [0.5, 0.6) is 0 Å². The summed E-state index contributed by atoms with van der Waals surface area (Å²) in [6.07, 6.45) is 2.97. The Bertz CT molecular complexity index is 2400. The van der Waals surface area contributed by atoms with Crippen molar-refractivity contribution < 1.29 is 0 Å². The van der Waals surface area contributed by atoms with Gasteiger partial charge >= 0.3 is 0 Å². The van der Waals surface area contributed by atoms with E-state index in [1.54, 1.807) is 0 Å². The van der Waals surface area contributed by atoms with Gasteiger partial charge in [0.1, 0.15) is 0 Å². The summed E-state index contributed by atoms with van der Waals surface area (Å²) in [4.78, 5) is 0. The van der Waals surface area contributed by atoms with Crippen LogP contribution in [0.1, 0.15) is 27.8 Å². The van der Waals surface area contributed by atoms with Crippen molar-refractivity contribution in [2.24, 2.45) is 11.5 Å². The summed E-state index contributed by atoms with van der Waals surface area (Å²) in [7, 11) is 0. The second-order valence-corrected chi connectivity index (χ2v) is 12.7. The quantitative estimate of drug-likeness (QED) is 0.194. The average molecular weight is 617 g/mol. The van der Waals surface area contributed by atoms with E-state index >= 15 is 0 Å². The predicted molar refractivity (Wildman–Crippen MR) is 204 cm³/mol. The van der Waals surface area contributed by atoms with Crippen LogP contribution in [0.3, 0.4) is 0 Å². The number of fused-ring (bicyclic) bond motifs is 14. The first-order chi connectivity index (χ1) is 23.5. The van der Waals surface area contributed by atoms with Crippen LogP contribution in [0, 0.1) is 6.92 Å². The molecule has 0 amide bonds. The SMILES string of the molecule is C=C/C(N)=C(/N)C=C.Cc1ccc(-c2ccc3c4c(ccc3c2)-c2c(ccc3ccccc23)C42c3ccccc3-c3ccccc32)cc1. The molecule has 0 fully saturated rings. The molecule has 0 atom stereocenters. The molecule has 0 unspecified atom stereocenters. The molecule has 0 heterocycles. The van der Waals surface area contributed by atoms with Gasteiger partial charge in [-0.05, 0) is 102 Å². The smallest absolute Gasteiger partial charge is 0.0731 e. The van der Waals surface area contributed by atoms with Crippen molar-refractivity contribution in [1.29, 1.82) is 0 Å². The number of aryl methyl sites for hydroxylation is 1. The maximum absolute atomic E-state index is 5.29. The minimum absolute atomic E-state index is 0.354. The zero-order valence-electron chi connectivity index (χ0n) is 27.0. The topological polar surface area (TPSA) is 52.0 Å². The van der Waals surface area contributed by atoms with E-state index in [1.165, 1.54) is 94.9 Å². The van der Waals surface area contributed by atoms with Crippen molar-refractivity contribution in [1.82, 2.24) is 0 Å². The van der Waals surface area contributed by atoms with Gasteiger partial charge in [-0.2, -0.15) is 0 Å². The van der Waals surface area contributed by atoms with Crippen LogP contribution in [0.25, 0.3) is 54.9 Å². The van der Waals surface area contributed by atoms with E-state index in [4.69, 9.17) is 11.5 Å². The summed E-state index contributed by atoms with van der Waals surface area (Å²) in [5, 5.41) is 5.24. The molecule has 2 aliphatic rings. The van der Waals surface area contributed by atoms with E-state index in [1.807, 2.05) is 0 Å². The molecule has 0 aromatic heterocycles. The standard InChI is InChI=1S/C40H26.C6H10N2/c1-25-14-16-26(17-15-25)28-18-21-31-29(24-28)19-22-34-38-30-9-3-2-8-27(30)20-23-37(38)40(39(31)34)35-12-6-4-10-32(35)33-11-5-7-13-36(33)40;1-3-5(7)6(8)4-2/h2-24H,1H3;3-4H,1-2,7-8H2/b;6-5-. The number of allylic oxidation sites excluding steroid dienone is 2. The lowest BCUT2D eigenvalue weighted by molar-refractivity contribution is 0.802. The number of nitrogens with two attached hydrogens (primary N) is 2. The van der Waals surface area contributed by atoms with Crippen LogP contribution in [0.2, 0.25) is 0 Å². The van der Waals surface area contributed by atoms with Gasteiger partial charge in [-0.1, -0.05) is 152 Å². The molecule has 7 aromatic carbocycles. The maximum atomic E-state index is 5.29. The van der Waals surface area contributed by atoms with E-state index in [0.29, 0.717) is 11.4 Å². The number of hydrogen-bond donors (Lipinski definition) is 2. The molecule has 0 bridgehead atoms. The molecule has 2 heteroatoms. The summed E-state index contributed by atoms with van der Waals surface area (Å²) in [6, 6.07) is 52.4. The molecule has 0 radical (unpaired) electrons. The van der Waals surface area contributed by atoms with Gasteiger partial charge in [0.25, 0.3) is 0 Å². The fourth-order valence-corrected chi connectivity index (χ4v) is 7.91. The third kappa shape index (κ3) is 4.19. The zero-order chi connectivity index (χ0) is 33.0. The third-order valence-corrected chi connectivity index (χ3v) is 10.1. The Balaban J connectivity index is 0.000000377. The number of benzene rings is 7. The van der Waals surface area contributed by atoms with Gasteiger partial charge in [-0.3, -0.25) is 0 Å². The minimum atomic E-state index is -0.354. The van der Waals surface area contributed by atoms with E-state index in [9.17, 15) is 0 Å². The molecule has 0 saturated heterocycles. The Morgan fingerprint density at radius 2 is 1.10 bits per heavy atom. The maximum Gasteiger partial charge on any atom is 0.0731 e. The van der Waals surface area contributed by atoms with Crippen LogP contribution in [-0.4, -0.2) is 0 Å². The Morgan fingerprint density at radius 1 is 0.521 bits per heavy atom. The van der Waals surface area contributed by atoms with Gasteiger partial charge in [-0.15, -0.1) is 0 Å². The Hall–Kier alpha value is -6.12. The van der Waals surface area contributed by atoms with Crippen molar-refractivity contribution in [3.8, 4) is 33.4 Å². The van der Waals surface area contributed by atoms with Crippen LogP contribution in [0.4, 0.5) is 0 Å². The molecule has 230 valence electrons. The first-order valence-corrected chi connectivity index (χ1v) is 16.3. The van der Waals surface area contributed by atoms with E-state index in [-0.39, 0.29) is 5.41 Å². The fraction of sp³-hybridized carbons (Fsp3) is 0.0435. The average Bonchev–Trinajstić information content (AvgIpc) is 3.62. The van der Waals surface area contributed by atoms with Crippen LogP contribution >= 0.6 is 0 Å². The predicted octanol–water partition coefficient (Wildman–Crippen LogP) is 10.8. The molecule has 2 nitrogen and oxygen atoms in total. The molecule has 2 aliphatic carbocycles. The second-order valence-electron chi connectivity index (χ2n) is 12.7. The summed E-state index contributed by atoms with van der Waals surface area (Å²) in [5.41, 5.74) is 26.0. The highest BCUT2D eigenvalue weighted by Gasteiger charge is 2.52. The minimum Gasteiger partial charge on any atom is -0.397 e. The molecule has 4 N–H and O–H groups in total. The Morgan fingerprint density at radius 3 is 1.77 bits per heavy atom. The number of hydrogen-bond acceptors (Lipinski definition) is 2. The molecule has 1 spiro atoms. The molecule has 0 aliphatic heterocycles. The van der Waals surface area contributed by atoms with Crippen molar-refractivity contribution in [3.63, 3.8) is 0 Å². The van der Waals surface area contributed by atoms with Gasteiger partial charge in [0.05, 0.1) is 16.8 Å². The van der Waals surface area contributed by atoms with Crippen LogP contribution in [-0.2, 0) is 5.41 Å². The molecule has 0 saturated carbocycles. The fourth-order valence-electron chi connectivity index (χ4n) is 7.91. The largest absolute Gasteiger partial charge is 0.397 e. The van der Waals surface area contributed by atoms with E-state index in [2.05, 4.69) is 160 Å². The molecule has 48 heavy (non-hydrogen) atoms. The lowest BCUT2D eigenvalue weighted by Gasteiger charge is -2.31. The third-order valence-electron chi connectivity index (χ3n) is 10.1. The van der Waals surface area contributed by atoms with Crippen LogP contribution < -0.4 is 11.5 Å². The first kappa shape index (κ1) is 29.3. The van der Waals surface area contributed by atoms with Crippen molar-refractivity contribution >= 4 is 21.5 Å². The summed E-state index contributed by atoms with van der Waals surface area (Å²) >= 11 is 0. The van der Waals surface area contributed by atoms with E-state index in [0.717, 1.165) is 0 Å². The Kier molecular flexibility index (Phi) is 6.89. The zero-order valence-corrected chi connectivity index (χ0v) is 27.0. The highest BCUT2D eigenvalue weighted by atomic mass is 14.7. The summed E-state index contributed by atoms with van der Waals surface area (Å²) in [5.74, 6) is 0. The summed E-state index contributed by atoms with van der Waals surface area (Å²) in [6.45, 7) is 8.98.